The Balaban J connectivity index is 3.24. The minimum absolute atomic E-state index is 0.115. The van der Waals surface area contributed by atoms with Crippen LogP contribution in [0.4, 0.5) is 0 Å². The van der Waals surface area contributed by atoms with Crippen molar-refractivity contribution in [3.63, 3.8) is 0 Å². The van der Waals surface area contributed by atoms with Crippen LogP contribution in [-0.4, -0.2) is 71.3 Å². The molecule has 0 aliphatic rings. The lowest BCUT2D eigenvalue weighted by atomic mass is 10.0. The van der Waals surface area contributed by atoms with Crippen LogP contribution >= 0.6 is 0 Å². The number of carbonyl (C=O) groups excluding carboxylic acids is 2. The number of ether oxygens (including phenoxy) is 3. The maximum absolute atomic E-state index is 11.3. The Hall–Kier alpha value is -2.84. The van der Waals surface area contributed by atoms with Crippen molar-refractivity contribution in [2.24, 2.45) is 0 Å². The lowest BCUT2D eigenvalue weighted by Gasteiger charge is -2.29. The van der Waals surface area contributed by atoms with Crippen LogP contribution in [0.3, 0.4) is 0 Å². The third-order valence-corrected chi connectivity index (χ3v) is 4.96. The number of likely N-dealkylation sites (N-methyl/N-ethyl adjacent to an activating group) is 2. The first-order chi connectivity index (χ1) is 14.7. The average molecular weight is 434 g/mol. The molecule has 0 saturated carbocycles. The summed E-state index contributed by atoms with van der Waals surface area (Å²) in [7, 11) is 6.90. The third-order valence-electron chi connectivity index (χ3n) is 4.96. The molecule has 0 fully saturated rings. The number of nitrogens with zero attached hydrogens (tertiary/aromatic N) is 1. The molecule has 0 aromatic heterocycles. The van der Waals surface area contributed by atoms with Crippen LogP contribution in [0.15, 0.2) is 23.9 Å². The maximum Gasteiger partial charge on any atom is 0.216 e. The van der Waals surface area contributed by atoms with E-state index in [4.69, 9.17) is 14.2 Å². The normalized spacial score (nSPS) is 12.3. The number of carbonyl (C=O) groups is 2. The molecule has 0 radical (unpaired) electrons. The highest BCUT2D eigenvalue weighted by molar-refractivity contribution is 5.76. The fourth-order valence-electron chi connectivity index (χ4n) is 3.24. The molecule has 31 heavy (non-hydrogen) atoms. The molecule has 0 saturated heterocycles. The number of hydrogen-bond donors (Lipinski definition) is 2. The summed E-state index contributed by atoms with van der Waals surface area (Å²) in [4.78, 5) is 24.6. The van der Waals surface area contributed by atoms with Gasteiger partial charge in [-0.15, -0.1) is 0 Å². The average Bonchev–Trinajstić information content (AvgIpc) is 2.73. The molecule has 8 heteroatoms. The summed E-state index contributed by atoms with van der Waals surface area (Å²) in [6.07, 6.45) is 2.75. The van der Waals surface area contributed by atoms with Gasteiger partial charge in [0.2, 0.25) is 5.91 Å². The topological polar surface area (TPSA) is 89.1 Å². The zero-order chi connectivity index (χ0) is 23.6. The van der Waals surface area contributed by atoms with E-state index in [0.29, 0.717) is 30.2 Å². The highest BCUT2D eigenvalue weighted by Gasteiger charge is 2.20. The molecule has 0 heterocycles. The van der Waals surface area contributed by atoms with Crippen LogP contribution in [0.25, 0.3) is 6.08 Å². The fraction of sp³-hybridized carbons (Fsp3) is 0.478. The minimum atomic E-state index is -0.322. The van der Waals surface area contributed by atoms with Gasteiger partial charge < -0.3 is 24.8 Å². The zero-order valence-electron chi connectivity index (χ0n) is 19.6. The lowest BCUT2D eigenvalue weighted by Crippen LogP contribution is -2.44. The van der Waals surface area contributed by atoms with Crippen molar-refractivity contribution in [1.29, 1.82) is 0 Å². The molecule has 8 nitrogen and oxygen atoms in total. The SMILES string of the molecule is C=C(C=O)[C@H](CNC(C)=O)N(C)CC(=Cc1cc(C)c(OC)c(OCOC)c1C)NC. The minimum Gasteiger partial charge on any atom is -0.493 e. The number of rotatable bonds is 13. The second-order valence-corrected chi connectivity index (χ2v) is 7.30. The highest BCUT2D eigenvalue weighted by Crippen LogP contribution is 2.37. The molecule has 1 amide bonds. The summed E-state index contributed by atoms with van der Waals surface area (Å²) in [5, 5.41) is 5.97. The Bertz CT molecular complexity index is 820. The molecule has 0 bridgehead atoms. The van der Waals surface area contributed by atoms with Gasteiger partial charge in [-0.1, -0.05) is 6.58 Å². The summed E-state index contributed by atoms with van der Waals surface area (Å²) in [5.74, 6) is 1.15. The van der Waals surface area contributed by atoms with Crippen LogP contribution in [0, 0.1) is 13.8 Å². The zero-order valence-corrected chi connectivity index (χ0v) is 19.6. The van der Waals surface area contributed by atoms with Crippen molar-refractivity contribution < 1.29 is 23.8 Å². The third kappa shape index (κ3) is 7.41. The molecule has 0 aliphatic heterocycles. The van der Waals surface area contributed by atoms with Crippen LogP contribution in [0.5, 0.6) is 11.5 Å². The van der Waals surface area contributed by atoms with Crippen molar-refractivity contribution in [3.05, 3.63) is 40.6 Å². The Kier molecular flexibility index (Phi) is 10.8. The van der Waals surface area contributed by atoms with Gasteiger partial charge in [0.1, 0.15) is 6.29 Å². The smallest absolute Gasteiger partial charge is 0.216 e. The Morgan fingerprint density at radius 2 is 1.97 bits per heavy atom. The van der Waals surface area contributed by atoms with Crippen molar-refractivity contribution in [3.8, 4) is 11.5 Å². The second kappa shape index (κ2) is 12.8. The first-order valence-corrected chi connectivity index (χ1v) is 9.96. The highest BCUT2D eigenvalue weighted by atomic mass is 16.7. The van der Waals surface area contributed by atoms with Gasteiger partial charge in [-0.2, -0.15) is 0 Å². The first-order valence-electron chi connectivity index (χ1n) is 9.96. The summed E-state index contributed by atoms with van der Waals surface area (Å²) < 4.78 is 16.3. The van der Waals surface area contributed by atoms with Crippen molar-refractivity contribution in [2.45, 2.75) is 26.8 Å². The van der Waals surface area contributed by atoms with E-state index in [-0.39, 0.29) is 18.7 Å². The standard InChI is InChI=1S/C23H35N3O5/c1-15-9-19(17(3)23(22(15)30-8)31-14-29-7)10-20(24-5)12-26(6)21(16(2)13-27)11-25-18(4)28/h9-10,13,21,24H,2,11-12,14H2,1,3-8H3,(H,25,28)/t21-/m0/s1. The summed E-state index contributed by atoms with van der Waals surface area (Å²) in [6, 6.07) is 1.71. The van der Waals surface area contributed by atoms with Gasteiger partial charge in [0, 0.05) is 51.0 Å². The predicted octanol–water partition coefficient (Wildman–Crippen LogP) is 2.05. The van der Waals surface area contributed by atoms with E-state index in [1.165, 1.54) is 6.92 Å². The predicted molar refractivity (Wildman–Crippen MR) is 122 cm³/mol. The summed E-state index contributed by atoms with van der Waals surface area (Å²) in [5.41, 5.74) is 4.14. The summed E-state index contributed by atoms with van der Waals surface area (Å²) >= 11 is 0. The molecular weight excluding hydrogens is 398 g/mol. The quantitative estimate of drug-likeness (QED) is 0.280. The number of hydrogen-bond acceptors (Lipinski definition) is 7. The molecule has 0 unspecified atom stereocenters. The molecule has 0 spiro atoms. The Morgan fingerprint density at radius 3 is 2.48 bits per heavy atom. The van der Waals surface area contributed by atoms with E-state index in [0.717, 1.165) is 28.7 Å². The van der Waals surface area contributed by atoms with Gasteiger partial charge in [-0.3, -0.25) is 14.5 Å². The van der Waals surface area contributed by atoms with E-state index in [1.54, 1.807) is 14.2 Å². The van der Waals surface area contributed by atoms with Crippen molar-refractivity contribution >= 4 is 18.3 Å². The van der Waals surface area contributed by atoms with Gasteiger partial charge in [-0.05, 0) is 44.2 Å². The van der Waals surface area contributed by atoms with E-state index in [2.05, 4.69) is 17.2 Å². The van der Waals surface area contributed by atoms with Gasteiger partial charge >= 0.3 is 0 Å². The molecule has 1 rings (SSSR count). The van der Waals surface area contributed by atoms with Gasteiger partial charge in [-0.25, -0.2) is 0 Å². The van der Waals surface area contributed by atoms with E-state index in [1.807, 2.05) is 45.0 Å². The van der Waals surface area contributed by atoms with Crippen molar-refractivity contribution in [2.75, 3.05) is 48.2 Å². The number of nitrogens with one attached hydrogen (secondary N) is 2. The number of benzene rings is 1. The van der Waals surface area contributed by atoms with Crippen LogP contribution < -0.4 is 20.1 Å². The molecule has 2 N–H and O–H groups in total. The molecule has 1 atom stereocenters. The van der Waals surface area contributed by atoms with Gasteiger partial charge in [0.05, 0.1) is 13.2 Å². The second-order valence-electron chi connectivity index (χ2n) is 7.30. The van der Waals surface area contributed by atoms with Crippen LogP contribution in [-0.2, 0) is 14.3 Å². The number of aryl methyl sites for hydroxylation is 1. The first kappa shape index (κ1) is 26.2. The Morgan fingerprint density at radius 1 is 1.29 bits per heavy atom. The molecule has 172 valence electrons. The van der Waals surface area contributed by atoms with E-state index in [9.17, 15) is 9.59 Å². The van der Waals surface area contributed by atoms with Crippen LogP contribution in [0.2, 0.25) is 0 Å². The molecular formula is C23H35N3O5. The monoisotopic (exact) mass is 433 g/mol. The summed E-state index contributed by atoms with van der Waals surface area (Å²) in [6.45, 7) is 10.1. The largest absolute Gasteiger partial charge is 0.493 e. The fourth-order valence-corrected chi connectivity index (χ4v) is 3.24. The molecule has 1 aromatic rings. The lowest BCUT2D eigenvalue weighted by molar-refractivity contribution is -0.119. The van der Waals surface area contributed by atoms with E-state index >= 15 is 0 Å². The van der Waals surface area contributed by atoms with Crippen molar-refractivity contribution in [1.82, 2.24) is 15.5 Å². The number of methoxy groups -OCH3 is 2. The van der Waals surface area contributed by atoms with Crippen LogP contribution in [0.1, 0.15) is 23.6 Å². The van der Waals surface area contributed by atoms with E-state index < -0.39 is 0 Å². The van der Waals surface area contributed by atoms with Gasteiger partial charge in [0.25, 0.3) is 0 Å². The molecule has 1 aromatic carbocycles. The Labute approximate surface area is 185 Å². The number of amides is 1. The van der Waals surface area contributed by atoms with Gasteiger partial charge in [0.15, 0.2) is 18.3 Å². The number of aldehydes is 1. The maximum atomic E-state index is 11.3. The molecule has 0 aliphatic carbocycles.